The van der Waals surface area contributed by atoms with E-state index in [4.69, 9.17) is 28.0 Å². The monoisotopic (exact) mass is 825 g/mol. The van der Waals surface area contributed by atoms with Crippen molar-refractivity contribution in [3.05, 3.63) is 65.7 Å². The van der Waals surface area contributed by atoms with Crippen molar-refractivity contribution >= 4 is 53.3 Å². The average molecular weight is 826 g/mol. The van der Waals surface area contributed by atoms with Crippen LogP contribution < -0.4 is 54.8 Å². The number of aliphatic carboxylic acids is 1. The summed E-state index contributed by atoms with van der Waals surface area (Å²) in [4.78, 5) is 107. The number of carboxylic acid groups (broad SMARTS) is 1. The van der Waals surface area contributed by atoms with Gasteiger partial charge in [0.05, 0.1) is 19.0 Å². The van der Waals surface area contributed by atoms with E-state index in [1.165, 1.54) is 12.1 Å². The summed E-state index contributed by atoms with van der Waals surface area (Å²) in [7, 11) is 0. The number of aliphatic imine (C=N–C) groups is 1. The van der Waals surface area contributed by atoms with Gasteiger partial charge in [-0.2, -0.15) is 0 Å². The lowest BCUT2D eigenvalue weighted by atomic mass is 9.98. The second kappa shape index (κ2) is 24.8. The van der Waals surface area contributed by atoms with E-state index < -0.39 is 103 Å². The zero-order valence-corrected chi connectivity index (χ0v) is 32.9. The molecule has 2 aromatic carbocycles. The normalized spacial score (nSPS) is 13.7. The SMILES string of the molecule is CC[C@H](C)[C@H](NC(=O)CNC(=O)[C@H](CC(N)=O)NC(=O)[C@H](Cc1ccccc1)NC(=O)[C@H](CCCN=C(N)N)NC(=O)[C@@H](N)Cc1ccc(O)cc1)C(=O)NCC(=O)O. The van der Waals surface area contributed by atoms with Crippen LogP contribution in [0.1, 0.15) is 50.7 Å². The molecule has 21 nitrogen and oxygen atoms in total. The number of primary amides is 1. The van der Waals surface area contributed by atoms with Crippen molar-refractivity contribution in [3.63, 3.8) is 0 Å². The second-order valence-electron chi connectivity index (χ2n) is 13.7. The van der Waals surface area contributed by atoms with Crippen LogP contribution in [0.3, 0.4) is 0 Å². The minimum absolute atomic E-state index is 0.00778. The molecule has 21 heteroatoms. The molecule has 0 fully saturated rings. The summed E-state index contributed by atoms with van der Waals surface area (Å²) in [6.07, 6.45) is -0.0847. The Kier molecular flexibility index (Phi) is 20.3. The number of phenols is 1. The van der Waals surface area contributed by atoms with Gasteiger partial charge in [0, 0.05) is 13.0 Å². The van der Waals surface area contributed by atoms with Crippen LogP contribution in [0.5, 0.6) is 5.75 Å². The van der Waals surface area contributed by atoms with Crippen LogP contribution in [0, 0.1) is 5.92 Å². The van der Waals surface area contributed by atoms with Gasteiger partial charge < -0.3 is 65.0 Å². The molecule has 16 N–H and O–H groups in total. The number of phenolic OH excluding ortho intramolecular Hbond substituents is 1. The van der Waals surface area contributed by atoms with E-state index >= 15 is 0 Å². The fourth-order valence-electron chi connectivity index (χ4n) is 5.53. The first kappa shape index (κ1) is 48.4. The molecule has 2 aromatic rings. The molecule has 7 amide bonds. The van der Waals surface area contributed by atoms with Gasteiger partial charge in [0.1, 0.15) is 36.5 Å². The molecule has 0 aliphatic rings. The smallest absolute Gasteiger partial charge is 0.322 e. The van der Waals surface area contributed by atoms with Crippen LogP contribution in [-0.4, -0.2) is 113 Å². The predicted molar refractivity (Wildman–Crippen MR) is 214 cm³/mol. The van der Waals surface area contributed by atoms with Crippen LogP contribution >= 0.6 is 0 Å². The minimum Gasteiger partial charge on any atom is -0.508 e. The number of carboxylic acids is 1. The molecular weight excluding hydrogens is 770 g/mol. The molecule has 2 rings (SSSR count). The average Bonchev–Trinajstić information content (AvgIpc) is 3.19. The van der Waals surface area contributed by atoms with E-state index in [0.29, 0.717) is 17.5 Å². The molecular formula is C38H55N11O10. The Hall–Kier alpha value is -6.77. The lowest BCUT2D eigenvalue weighted by Gasteiger charge is -2.26. The number of carbonyl (C=O) groups is 8. The summed E-state index contributed by atoms with van der Waals surface area (Å²) in [5, 5.41) is 33.1. The highest BCUT2D eigenvalue weighted by molar-refractivity contribution is 5.97. The van der Waals surface area contributed by atoms with Crippen LogP contribution in [0.25, 0.3) is 0 Å². The van der Waals surface area contributed by atoms with Crippen LogP contribution in [0.4, 0.5) is 0 Å². The van der Waals surface area contributed by atoms with Gasteiger partial charge in [0.2, 0.25) is 41.4 Å². The molecule has 0 radical (unpaired) electrons. The van der Waals surface area contributed by atoms with Crippen LogP contribution in [0.2, 0.25) is 0 Å². The molecule has 0 aromatic heterocycles. The zero-order chi connectivity index (χ0) is 44.1. The van der Waals surface area contributed by atoms with Crippen LogP contribution in [-0.2, 0) is 51.2 Å². The fraction of sp³-hybridized carbons (Fsp3) is 0.447. The van der Waals surface area contributed by atoms with Crippen molar-refractivity contribution in [3.8, 4) is 5.75 Å². The zero-order valence-electron chi connectivity index (χ0n) is 32.9. The second-order valence-corrected chi connectivity index (χ2v) is 13.7. The molecule has 59 heavy (non-hydrogen) atoms. The maximum Gasteiger partial charge on any atom is 0.322 e. The summed E-state index contributed by atoms with van der Waals surface area (Å²) in [6, 6.07) is 8.04. The number of benzene rings is 2. The third-order valence-electron chi connectivity index (χ3n) is 8.91. The topological polar surface area (TPSA) is 366 Å². The molecule has 0 bridgehead atoms. The highest BCUT2D eigenvalue weighted by Gasteiger charge is 2.32. The molecule has 322 valence electrons. The predicted octanol–water partition coefficient (Wildman–Crippen LogP) is -3.26. The maximum atomic E-state index is 13.9. The summed E-state index contributed by atoms with van der Waals surface area (Å²) in [5.41, 5.74) is 23.6. The molecule has 0 saturated carbocycles. The molecule has 0 aliphatic heterocycles. The fourth-order valence-corrected chi connectivity index (χ4v) is 5.53. The quantitative estimate of drug-likeness (QED) is 0.0266. The van der Waals surface area contributed by atoms with Gasteiger partial charge in [-0.25, -0.2) is 0 Å². The number of nitrogens with two attached hydrogens (primary N) is 4. The standard InChI is InChI=1S/C38H55N11O10/c1-3-21(2)32(37(59)45-20-31(53)54)49-30(52)19-44-34(56)28(18-29(40)51)48-36(58)27(17-22-8-5-4-6-9-22)47-35(57)26(10-7-15-43-38(41)42)46-33(55)25(39)16-23-11-13-24(50)14-12-23/h4-6,8-9,11-14,21,25-28,32,50H,3,7,10,15-20,39H2,1-2H3,(H2,40,51)(H,44,56)(H,45,59)(H,46,55)(H,47,57)(H,48,58)(H,49,52)(H,53,54)(H4,41,42,43)/t21-,25-,26-,27-,28-,32-/m0/s1. The number of amides is 7. The van der Waals surface area contributed by atoms with E-state index in [-0.39, 0.29) is 43.9 Å². The van der Waals surface area contributed by atoms with Crippen LogP contribution in [0.15, 0.2) is 59.6 Å². The molecule has 0 unspecified atom stereocenters. The van der Waals surface area contributed by atoms with Gasteiger partial charge in [-0.3, -0.25) is 43.3 Å². The van der Waals surface area contributed by atoms with E-state index in [0.717, 1.165) is 0 Å². The first-order valence-electron chi connectivity index (χ1n) is 18.8. The minimum atomic E-state index is -1.62. The Morgan fingerprint density at radius 1 is 0.695 bits per heavy atom. The number of aromatic hydroxyl groups is 1. The lowest BCUT2D eigenvalue weighted by molar-refractivity contribution is -0.138. The molecule has 0 aliphatic carbocycles. The number of guanidine groups is 1. The third-order valence-corrected chi connectivity index (χ3v) is 8.91. The molecule has 0 saturated heterocycles. The maximum absolute atomic E-state index is 13.9. The summed E-state index contributed by atoms with van der Waals surface area (Å²) in [5.74, 6) is -7.85. The van der Waals surface area contributed by atoms with Crippen molar-refractivity contribution in [2.24, 2.45) is 33.8 Å². The van der Waals surface area contributed by atoms with E-state index in [1.807, 2.05) is 0 Å². The molecule has 0 spiro atoms. The van der Waals surface area contributed by atoms with E-state index in [9.17, 15) is 43.5 Å². The first-order chi connectivity index (χ1) is 27.9. The van der Waals surface area contributed by atoms with Crippen molar-refractivity contribution in [1.29, 1.82) is 0 Å². The van der Waals surface area contributed by atoms with E-state index in [1.54, 1.807) is 56.3 Å². The van der Waals surface area contributed by atoms with E-state index in [2.05, 4.69) is 36.9 Å². The number of rotatable bonds is 25. The summed E-state index contributed by atoms with van der Waals surface area (Å²) in [6.45, 7) is 2.13. The highest BCUT2D eigenvalue weighted by atomic mass is 16.4. The van der Waals surface area contributed by atoms with Crippen molar-refractivity contribution in [2.75, 3.05) is 19.6 Å². The van der Waals surface area contributed by atoms with Gasteiger partial charge >= 0.3 is 5.97 Å². The highest BCUT2D eigenvalue weighted by Crippen LogP contribution is 2.12. The van der Waals surface area contributed by atoms with Gasteiger partial charge in [-0.15, -0.1) is 0 Å². The Morgan fingerprint density at radius 3 is 1.86 bits per heavy atom. The number of hydrogen-bond donors (Lipinski definition) is 12. The molecule has 0 heterocycles. The number of carbonyl (C=O) groups excluding carboxylic acids is 7. The van der Waals surface area contributed by atoms with Gasteiger partial charge in [0.25, 0.3) is 0 Å². The first-order valence-corrected chi connectivity index (χ1v) is 18.8. The summed E-state index contributed by atoms with van der Waals surface area (Å²) < 4.78 is 0. The molecule has 6 atom stereocenters. The van der Waals surface area contributed by atoms with Crippen molar-refractivity contribution in [1.82, 2.24) is 31.9 Å². The Bertz CT molecular complexity index is 1790. The van der Waals surface area contributed by atoms with Crippen molar-refractivity contribution < 1.29 is 48.6 Å². The Morgan fingerprint density at radius 2 is 1.27 bits per heavy atom. The Balaban J connectivity index is 2.28. The lowest BCUT2D eigenvalue weighted by Crippen LogP contribution is -2.59. The number of hydrogen-bond acceptors (Lipinski definition) is 11. The van der Waals surface area contributed by atoms with Gasteiger partial charge in [0.15, 0.2) is 5.96 Å². The van der Waals surface area contributed by atoms with Crippen molar-refractivity contribution in [2.45, 2.75) is 82.6 Å². The number of nitrogens with one attached hydrogen (secondary N) is 6. The Labute approximate surface area is 340 Å². The third kappa shape index (κ3) is 18.4. The number of nitrogens with zero attached hydrogens (tertiary/aromatic N) is 1. The van der Waals surface area contributed by atoms with Gasteiger partial charge in [-0.05, 0) is 48.4 Å². The largest absolute Gasteiger partial charge is 0.508 e. The summed E-state index contributed by atoms with van der Waals surface area (Å²) >= 11 is 0. The van der Waals surface area contributed by atoms with Gasteiger partial charge in [-0.1, -0.05) is 62.7 Å².